The molecule has 0 aliphatic rings. The molecule has 0 amide bonds. The fraction of sp³-hybridized carbons (Fsp3) is 0.286. The van der Waals surface area contributed by atoms with E-state index in [1.165, 1.54) is 18.5 Å². The van der Waals surface area contributed by atoms with Gasteiger partial charge in [-0.1, -0.05) is 0 Å². The van der Waals surface area contributed by atoms with Gasteiger partial charge in [-0.3, -0.25) is 4.98 Å². The third-order valence-corrected chi connectivity index (χ3v) is 2.41. The van der Waals surface area contributed by atoms with Crippen molar-refractivity contribution in [3.63, 3.8) is 0 Å². The van der Waals surface area contributed by atoms with Gasteiger partial charge in [0.2, 0.25) is 0 Å². The van der Waals surface area contributed by atoms with Gasteiger partial charge < -0.3 is 0 Å². The lowest BCUT2D eigenvalue weighted by Gasteiger charge is -1.96. The summed E-state index contributed by atoms with van der Waals surface area (Å²) in [6.45, 7) is 1.76. The van der Waals surface area contributed by atoms with Gasteiger partial charge in [0.15, 0.2) is 9.84 Å². The number of rotatable bonds is 1. The predicted molar refractivity (Wildman–Crippen MR) is 42.1 cm³/mol. The molecule has 0 spiro atoms. The molecule has 0 unspecified atom stereocenters. The minimum absolute atomic E-state index is 0.324. The number of nitrogens with zero attached hydrogens (tertiary/aromatic N) is 1. The van der Waals surface area contributed by atoms with Crippen LogP contribution in [0.4, 0.5) is 0 Å². The Labute approximate surface area is 66.0 Å². The van der Waals surface area contributed by atoms with Crippen LogP contribution in [-0.2, 0) is 9.84 Å². The first-order valence-electron chi connectivity index (χ1n) is 3.13. The first-order chi connectivity index (χ1) is 5.00. The van der Waals surface area contributed by atoms with Crippen molar-refractivity contribution in [1.82, 2.24) is 4.98 Å². The average molecular weight is 171 g/mol. The summed E-state index contributed by atoms with van der Waals surface area (Å²) >= 11 is 0. The highest BCUT2D eigenvalue weighted by Crippen LogP contribution is 2.07. The van der Waals surface area contributed by atoms with E-state index < -0.39 is 9.84 Å². The van der Waals surface area contributed by atoms with Crippen LogP contribution in [0.5, 0.6) is 0 Å². The molecule has 4 heteroatoms. The monoisotopic (exact) mass is 171 g/mol. The number of hydrogen-bond acceptors (Lipinski definition) is 3. The molecule has 0 N–H and O–H groups in total. The summed E-state index contributed by atoms with van der Waals surface area (Å²) in [5.74, 6) is 0. The zero-order chi connectivity index (χ0) is 8.48. The van der Waals surface area contributed by atoms with Crippen LogP contribution in [0.3, 0.4) is 0 Å². The highest BCUT2D eigenvalue weighted by Gasteiger charge is 2.05. The van der Waals surface area contributed by atoms with E-state index in [9.17, 15) is 8.42 Å². The number of aromatic nitrogens is 1. The molecule has 11 heavy (non-hydrogen) atoms. The average Bonchev–Trinajstić information content (AvgIpc) is 1.86. The Morgan fingerprint density at radius 2 is 2.09 bits per heavy atom. The molecule has 1 rings (SSSR count). The van der Waals surface area contributed by atoms with E-state index in [2.05, 4.69) is 4.98 Å². The van der Waals surface area contributed by atoms with Crippen molar-refractivity contribution >= 4 is 9.84 Å². The Morgan fingerprint density at radius 1 is 1.45 bits per heavy atom. The maximum atomic E-state index is 11.0. The van der Waals surface area contributed by atoms with Crippen molar-refractivity contribution in [2.75, 3.05) is 6.26 Å². The van der Waals surface area contributed by atoms with Gasteiger partial charge in [0.25, 0.3) is 0 Å². The summed E-state index contributed by atoms with van der Waals surface area (Å²) < 4.78 is 21.9. The quantitative estimate of drug-likeness (QED) is 0.627. The minimum Gasteiger partial charge on any atom is -0.262 e. The van der Waals surface area contributed by atoms with E-state index in [-0.39, 0.29) is 0 Å². The number of aryl methyl sites for hydroxylation is 1. The molecule has 1 aromatic rings. The van der Waals surface area contributed by atoms with E-state index in [4.69, 9.17) is 0 Å². The molecule has 0 bridgehead atoms. The molecule has 0 radical (unpaired) electrons. The summed E-state index contributed by atoms with van der Waals surface area (Å²) in [6.07, 6.45) is 2.67. The van der Waals surface area contributed by atoms with E-state index in [0.717, 1.165) is 0 Å². The molecule has 0 atom stereocenters. The maximum absolute atomic E-state index is 11.0. The van der Waals surface area contributed by atoms with Gasteiger partial charge in [0.05, 0.1) is 4.90 Å². The van der Waals surface area contributed by atoms with Crippen LogP contribution in [-0.4, -0.2) is 19.7 Å². The van der Waals surface area contributed by atoms with Crippen molar-refractivity contribution in [3.8, 4) is 0 Å². The van der Waals surface area contributed by atoms with Crippen molar-refractivity contribution in [3.05, 3.63) is 24.0 Å². The Balaban J connectivity index is 3.28. The van der Waals surface area contributed by atoms with Gasteiger partial charge in [-0.15, -0.1) is 0 Å². The fourth-order valence-corrected chi connectivity index (χ4v) is 1.44. The van der Waals surface area contributed by atoms with Gasteiger partial charge in [0.1, 0.15) is 0 Å². The molecular weight excluding hydrogens is 162 g/mol. The van der Waals surface area contributed by atoms with Crippen LogP contribution < -0.4 is 0 Å². The van der Waals surface area contributed by atoms with Gasteiger partial charge in [-0.2, -0.15) is 0 Å². The van der Waals surface area contributed by atoms with E-state index in [1.54, 1.807) is 13.0 Å². The molecular formula is C7H9NO2S. The SMILES string of the molecule is Cc1cc(S(C)(=O)=O)ccn1. The standard InChI is InChI=1S/C7H9NO2S/c1-6-5-7(3-4-8-6)11(2,9)10/h3-5H,1-2H3. The number of hydrogen-bond donors (Lipinski definition) is 0. The molecule has 60 valence electrons. The third kappa shape index (κ3) is 2.01. The summed E-state index contributed by atoms with van der Waals surface area (Å²) in [6, 6.07) is 3.04. The van der Waals surface area contributed by atoms with Crippen molar-refractivity contribution in [1.29, 1.82) is 0 Å². The van der Waals surface area contributed by atoms with Crippen LogP contribution in [0.15, 0.2) is 23.2 Å². The lowest BCUT2D eigenvalue weighted by atomic mass is 10.4. The lowest BCUT2D eigenvalue weighted by Crippen LogP contribution is -1.97. The second kappa shape index (κ2) is 2.62. The van der Waals surface area contributed by atoms with Gasteiger partial charge in [-0.25, -0.2) is 8.42 Å². The summed E-state index contributed by atoms with van der Waals surface area (Å²) in [7, 11) is -3.07. The Hall–Kier alpha value is -0.900. The highest BCUT2D eigenvalue weighted by molar-refractivity contribution is 7.90. The van der Waals surface area contributed by atoms with Crippen LogP contribution in [0.2, 0.25) is 0 Å². The molecule has 0 fully saturated rings. The molecule has 3 nitrogen and oxygen atoms in total. The predicted octanol–water partition coefficient (Wildman–Crippen LogP) is 0.794. The number of pyridine rings is 1. The highest BCUT2D eigenvalue weighted by atomic mass is 32.2. The molecule has 0 saturated carbocycles. The Kier molecular flexibility index (Phi) is 1.95. The van der Waals surface area contributed by atoms with Gasteiger partial charge >= 0.3 is 0 Å². The van der Waals surface area contributed by atoms with Gasteiger partial charge in [0, 0.05) is 18.1 Å². The lowest BCUT2D eigenvalue weighted by molar-refractivity contribution is 0.601. The van der Waals surface area contributed by atoms with E-state index >= 15 is 0 Å². The minimum atomic E-state index is -3.07. The topological polar surface area (TPSA) is 47.0 Å². The van der Waals surface area contributed by atoms with Crippen molar-refractivity contribution < 1.29 is 8.42 Å². The van der Waals surface area contributed by atoms with Crippen molar-refractivity contribution in [2.45, 2.75) is 11.8 Å². The summed E-state index contributed by atoms with van der Waals surface area (Å²) in [5.41, 5.74) is 0.716. The van der Waals surface area contributed by atoms with Crippen molar-refractivity contribution in [2.24, 2.45) is 0 Å². The second-order valence-electron chi connectivity index (χ2n) is 2.41. The largest absolute Gasteiger partial charge is 0.262 e. The maximum Gasteiger partial charge on any atom is 0.175 e. The summed E-state index contributed by atoms with van der Waals surface area (Å²) in [4.78, 5) is 4.21. The molecule has 1 heterocycles. The van der Waals surface area contributed by atoms with Gasteiger partial charge in [-0.05, 0) is 19.1 Å². The normalized spacial score (nSPS) is 11.5. The zero-order valence-electron chi connectivity index (χ0n) is 6.40. The molecule has 0 aliphatic carbocycles. The van der Waals surface area contributed by atoms with Crippen LogP contribution in [0, 0.1) is 6.92 Å². The summed E-state index contributed by atoms with van der Waals surface area (Å²) in [5, 5.41) is 0. The molecule has 0 aliphatic heterocycles. The molecule has 0 saturated heterocycles. The second-order valence-corrected chi connectivity index (χ2v) is 4.42. The zero-order valence-corrected chi connectivity index (χ0v) is 7.22. The fourth-order valence-electron chi connectivity index (χ4n) is 0.750. The Bertz CT molecular complexity index is 356. The Morgan fingerprint density at radius 3 is 2.45 bits per heavy atom. The van der Waals surface area contributed by atoms with Crippen LogP contribution in [0.25, 0.3) is 0 Å². The first-order valence-corrected chi connectivity index (χ1v) is 5.02. The van der Waals surface area contributed by atoms with Crippen LogP contribution in [0.1, 0.15) is 5.69 Å². The first kappa shape index (κ1) is 8.20. The number of sulfone groups is 1. The van der Waals surface area contributed by atoms with E-state index in [1.807, 2.05) is 0 Å². The third-order valence-electron chi connectivity index (χ3n) is 1.30. The molecule has 0 aromatic carbocycles. The molecule has 1 aromatic heterocycles. The van der Waals surface area contributed by atoms with E-state index in [0.29, 0.717) is 10.6 Å². The van der Waals surface area contributed by atoms with Crippen LogP contribution >= 0.6 is 0 Å². The smallest absolute Gasteiger partial charge is 0.175 e.